The fourth-order valence-electron chi connectivity index (χ4n) is 2.20. The van der Waals surface area contributed by atoms with Crippen molar-refractivity contribution in [2.24, 2.45) is 0 Å². The average molecular weight is 466 g/mol. The van der Waals surface area contributed by atoms with Gasteiger partial charge in [-0.15, -0.1) is 10.2 Å². The summed E-state index contributed by atoms with van der Waals surface area (Å²) in [6.45, 7) is 0. The van der Waals surface area contributed by atoms with Gasteiger partial charge in [-0.05, 0) is 36.4 Å². The van der Waals surface area contributed by atoms with Crippen LogP contribution >= 0.6 is 27.7 Å². The summed E-state index contributed by atoms with van der Waals surface area (Å²) in [6, 6.07) is 11.0. The Balaban J connectivity index is 1.60. The second-order valence-electron chi connectivity index (χ2n) is 5.41. The van der Waals surface area contributed by atoms with Crippen LogP contribution in [0.15, 0.2) is 56.6 Å². The number of benzene rings is 2. The number of hydrogen-bond donors (Lipinski definition) is 1. The van der Waals surface area contributed by atoms with Crippen LogP contribution < -0.4 is 5.32 Å². The molecule has 0 aliphatic heterocycles. The Morgan fingerprint density at radius 2 is 2.07 bits per heavy atom. The highest BCUT2D eigenvalue weighted by Crippen LogP contribution is 2.25. The minimum Gasteiger partial charge on any atom is -0.465 e. The largest absolute Gasteiger partial charge is 0.465 e. The van der Waals surface area contributed by atoms with Crippen LogP contribution in [0.2, 0.25) is 0 Å². The SMILES string of the molecule is COC(=O)c1cc(NC(=O)CSc2nnc(-c3cccc(Br)c3)o2)ccc1F. The second-order valence-corrected chi connectivity index (χ2v) is 7.25. The van der Waals surface area contributed by atoms with E-state index < -0.39 is 11.8 Å². The molecule has 0 aliphatic rings. The maximum Gasteiger partial charge on any atom is 0.340 e. The van der Waals surface area contributed by atoms with Gasteiger partial charge in [0.05, 0.1) is 18.4 Å². The van der Waals surface area contributed by atoms with E-state index in [1.54, 1.807) is 0 Å². The Labute approximate surface area is 171 Å². The van der Waals surface area contributed by atoms with Crippen molar-refractivity contribution in [3.8, 4) is 11.5 Å². The highest BCUT2D eigenvalue weighted by Gasteiger charge is 2.15. The monoisotopic (exact) mass is 465 g/mol. The molecule has 0 saturated heterocycles. The summed E-state index contributed by atoms with van der Waals surface area (Å²) in [7, 11) is 1.15. The molecule has 1 heterocycles. The van der Waals surface area contributed by atoms with Crippen LogP contribution in [0, 0.1) is 5.82 Å². The first-order valence-corrected chi connectivity index (χ1v) is 9.64. The molecule has 144 valence electrons. The molecule has 3 aromatic rings. The first-order chi connectivity index (χ1) is 13.5. The highest BCUT2D eigenvalue weighted by molar-refractivity contribution is 9.10. The lowest BCUT2D eigenvalue weighted by molar-refractivity contribution is -0.113. The van der Waals surface area contributed by atoms with Crippen LogP contribution in [-0.2, 0) is 9.53 Å². The molecular formula is C18H13BrFN3O4S. The molecule has 1 N–H and O–H groups in total. The number of anilines is 1. The summed E-state index contributed by atoms with van der Waals surface area (Å²) in [4.78, 5) is 23.6. The first-order valence-electron chi connectivity index (χ1n) is 7.86. The van der Waals surface area contributed by atoms with E-state index in [0.29, 0.717) is 5.89 Å². The third kappa shape index (κ3) is 4.96. The third-order valence-corrected chi connectivity index (χ3v) is 4.77. The maximum atomic E-state index is 13.6. The van der Waals surface area contributed by atoms with Gasteiger partial charge < -0.3 is 14.5 Å². The van der Waals surface area contributed by atoms with Crippen molar-refractivity contribution in [3.05, 3.63) is 58.3 Å². The molecule has 10 heteroatoms. The van der Waals surface area contributed by atoms with Crippen LogP contribution in [0.5, 0.6) is 0 Å². The van der Waals surface area contributed by atoms with Crippen molar-refractivity contribution in [2.45, 2.75) is 5.22 Å². The molecule has 1 amide bonds. The number of esters is 1. The number of nitrogens with zero attached hydrogens (tertiary/aromatic N) is 2. The summed E-state index contributed by atoms with van der Waals surface area (Å²) < 4.78 is 24.5. The van der Waals surface area contributed by atoms with E-state index in [4.69, 9.17) is 4.42 Å². The molecular weight excluding hydrogens is 453 g/mol. The van der Waals surface area contributed by atoms with Gasteiger partial charge in [0.25, 0.3) is 5.22 Å². The smallest absolute Gasteiger partial charge is 0.340 e. The molecule has 0 fully saturated rings. The zero-order valence-electron chi connectivity index (χ0n) is 14.4. The highest BCUT2D eigenvalue weighted by atomic mass is 79.9. The van der Waals surface area contributed by atoms with Gasteiger partial charge in [-0.2, -0.15) is 0 Å². The average Bonchev–Trinajstić information content (AvgIpc) is 3.16. The molecule has 28 heavy (non-hydrogen) atoms. The number of carbonyl (C=O) groups is 2. The number of aromatic nitrogens is 2. The van der Waals surface area contributed by atoms with Gasteiger partial charge >= 0.3 is 5.97 Å². The van der Waals surface area contributed by atoms with Gasteiger partial charge in [0.1, 0.15) is 5.82 Å². The Morgan fingerprint density at radius 1 is 1.25 bits per heavy atom. The van der Waals surface area contributed by atoms with Gasteiger partial charge in [0.15, 0.2) is 0 Å². The number of halogens is 2. The predicted octanol–water partition coefficient (Wildman–Crippen LogP) is 4.16. The number of carbonyl (C=O) groups excluding carboxylic acids is 2. The van der Waals surface area contributed by atoms with E-state index in [-0.39, 0.29) is 28.1 Å². The van der Waals surface area contributed by atoms with Crippen LogP contribution in [0.4, 0.5) is 10.1 Å². The lowest BCUT2D eigenvalue weighted by Crippen LogP contribution is -2.15. The Kier molecular flexibility index (Phi) is 6.42. The van der Waals surface area contributed by atoms with Crippen LogP contribution in [-0.4, -0.2) is 34.9 Å². The van der Waals surface area contributed by atoms with Crippen LogP contribution in [0.25, 0.3) is 11.5 Å². The molecule has 7 nitrogen and oxygen atoms in total. The molecule has 3 rings (SSSR count). The molecule has 0 bridgehead atoms. The van der Waals surface area contributed by atoms with Gasteiger partial charge in [0, 0.05) is 15.7 Å². The molecule has 0 atom stereocenters. The summed E-state index contributed by atoms with van der Waals surface area (Å²) >= 11 is 4.43. The van der Waals surface area contributed by atoms with Crippen LogP contribution in [0.3, 0.4) is 0 Å². The Morgan fingerprint density at radius 3 is 2.82 bits per heavy atom. The van der Waals surface area contributed by atoms with Crippen molar-refractivity contribution in [1.29, 1.82) is 0 Å². The maximum absolute atomic E-state index is 13.6. The van der Waals surface area contributed by atoms with Crippen molar-refractivity contribution in [2.75, 3.05) is 18.2 Å². The van der Waals surface area contributed by atoms with Crippen molar-refractivity contribution in [3.63, 3.8) is 0 Å². The predicted molar refractivity (Wildman–Crippen MR) is 105 cm³/mol. The second kappa shape index (κ2) is 8.98. The molecule has 0 radical (unpaired) electrons. The number of amides is 1. The lowest BCUT2D eigenvalue weighted by Gasteiger charge is -2.07. The van der Waals surface area contributed by atoms with E-state index in [2.05, 4.69) is 36.2 Å². The number of hydrogen-bond acceptors (Lipinski definition) is 7. The number of ether oxygens (including phenoxy) is 1. The van der Waals surface area contributed by atoms with Crippen molar-refractivity contribution in [1.82, 2.24) is 10.2 Å². The van der Waals surface area contributed by atoms with Crippen molar-refractivity contribution < 1.29 is 23.1 Å². The molecule has 0 spiro atoms. The molecule has 1 aromatic heterocycles. The fraction of sp³-hybridized carbons (Fsp3) is 0.111. The summed E-state index contributed by atoms with van der Waals surface area (Å²) in [6.07, 6.45) is 0. The third-order valence-electron chi connectivity index (χ3n) is 3.46. The lowest BCUT2D eigenvalue weighted by atomic mass is 10.2. The van der Waals surface area contributed by atoms with E-state index in [0.717, 1.165) is 35.0 Å². The van der Waals surface area contributed by atoms with Crippen molar-refractivity contribution >= 4 is 45.3 Å². The van der Waals surface area contributed by atoms with E-state index in [1.807, 2.05) is 24.3 Å². The number of rotatable bonds is 6. The van der Waals surface area contributed by atoms with Gasteiger partial charge in [-0.1, -0.05) is 33.8 Å². The zero-order valence-corrected chi connectivity index (χ0v) is 16.8. The molecule has 2 aromatic carbocycles. The standard InChI is InChI=1S/C18H13BrFN3O4S/c1-26-17(25)13-8-12(5-6-14(13)20)21-15(24)9-28-18-23-22-16(27-18)10-3-2-4-11(19)7-10/h2-8H,9H2,1H3,(H,21,24). The van der Waals surface area contributed by atoms with Gasteiger partial charge in [-0.25, -0.2) is 9.18 Å². The molecule has 0 unspecified atom stereocenters. The normalized spacial score (nSPS) is 10.5. The minimum atomic E-state index is -0.825. The number of nitrogens with one attached hydrogen (secondary N) is 1. The topological polar surface area (TPSA) is 94.3 Å². The summed E-state index contributed by atoms with van der Waals surface area (Å²) in [5.41, 5.74) is 0.760. The quantitative estimate of drug-likeness (QED) is 0.431. The fourth-order valence-corrected chi connectivity index (χ4v) is 3.16. The summed E-state index contributed by atoms with van der Waals surface area (Å²) in [5, 5.41) is 10.7. The van der Waals surface area contributed by atoms with Gasteiger partial charge in [-0.3, -0.25) is 4.79 Å². The number of thioether (sulfide) groups is 1. The molecule has 0 aliphatic carbocycles. The van der Waals surface area contributed by atoms with Gasteiger partial charge in [0.2, 0.25) is 11.8 Å². The molecule has 0 saturated carbocycles. The Bertz CT molecular complexity index is 1030. The van der Waals surface area contributed by atoms with E-state index >= 15 is 0 Å². The van der Waals surface area contributed by atoms with E-state index in [1.165, 1.54) is 12.1 Å². The van der Waals surface area contributed by atoms with E-state index in [9.17, 15) is 14.0 Å². The summed E-state index contributed by atoms with van der Waals surface area (Å²) in [5.74, 6) is -1.61. The zero-order chi connectivity index (χ0) is 20.1. The Hall–Kier alpha value is -2.72. The minimum absolute atomic E-state index is 0.00888. The van der Waals surface area contributed by atoms with Crippen LogP contribution in [0.1, 0.15) is 10.4 Å². The number of methoxy groups -OCH3 is 1. The first kappa shape index (κ1) is 20.0.